The molecule has 0 unspecified atom stereocenters. The molecular formula is C12H7BrN2O5. The van der Waals surface area contributed by atoms with Crippen LogP contribution in [-0.2, 0) is 4.84 Å². The first kappa shape index (κ1) is 13.9. The summed E-state index contributed by atoms with van der Waals surface area (Å²) in [5.74, 6) is -0.963. The van der Waals surface area contributed by atoms with Gasteiger partial charge in [0.15, 0.2) is 5.76 Å². The zero-order valence-electron chi connectivity index (χ0n) is 9.86. The summed E-state index contributed by atoms with van der Waals surface area (Å²) in [4.78, 5) is 26.0. The molecular weight excluding hydrogens is 332 g/mol. The van der Waals surface area contributed by atoms with Crippen LogP contribution in [-0.4, -0.2) is 17.1 Å². The predicted molar refractivity (Wildman–Crippen MR) is 72.5 cm³/mol. The molecule has 2 aromatic rings. The van der Waals surface area contributed by atoms with Crippen LogP contribution in [0, 0.1) is 10.1 Å². The summed E-state index contributed by atoms with van der Waals surface area (Å²) >= 11 is 3.21. The number of carbonyl (C=O) groups is 1. The molecule has 0 aliphatic carbocycles. The van der Waals surface area contributed by atoms with Gasteiger partial charge in [-0.1, -0.05) is 17.3 Å². The lowest BCUT2D eigenvalue weighted by Crippen LogP contribution is -2.01. The Labute approximate surface area is 121 Å². The van der Waals surface area contributed by atoms with Gasteiger partial charge in [-0.3, -0.25) is 10.1 Å². The minimum atomic E-state index is -0.676. The van der Waals surface area contributed by atoms with Gasteiger partial charge in [0.2, 0.25) is 0 Å². The fraction of sp³-hybridized carbons (Fsp3) is 0. The Bertz CT molecular complexity index is 680. The highest BCUT2D eigenvalue weighted by molar-refractivity contribution is 9.10. The summed E-state index contributed by atoms with van der Waals surface area (Å²) in [5.41, 5.74) is 0.315. The van der Waals surface area contributed by atoms with Crippen LogP contribution in [0.2, 0.25) is 0 Å². The summed E-state index contributed by atoms with van der Waals surface area (Å²) in [6.45, 7) is 0. The van der Waals surface area contributed by atoms with Crippen molar-refractivity contribution in [2.45, 2.75) is 0 Å². The molecule has 0 spiro atoms. The van der Waals surface area contributed by atoms with Gasteiger partial charge >= 0.3 is 11.9 Å². The van der Waals surface area contributed by atoms with Crippen molar-refractivity contribution in [1.82, 2.24) is 0 Å². The van der Waals surface area contributed by atoms with Gasteiger partial charge < -0.3 is 9.25 Å². The van der Waals surface area contributed by atoms with E-state index in [1.54, 1.807) is 24.3 Å². The number of hydrogen-bond acceptors (Lipinski definition) is 6. The lowest BCUT2D eigenvalue weighted by molar-refractivity contribution is -0.402. The highest BCUT2D eigenvalue weighted by Crippen LogP contribution is 2.17. The molecule has 1 aromatic heterocycles. The molecule has 0 aliphatic heterocycles. The van der Waals surface area contributed by atoms with Crippen molar-refractivity contribution in [2.24, 2.45) is 5.16 Å². The van der Waals surface area contributed by atoms with E-state index in [0.717, 1.165) is 6.21 Å². The predicted octanol–water partition coefficient (Wildman–Crippen LogP) is 3.14. The Hall–Kier alpha value is -2.48. The van der Waals surface area contributed by atoms with Crippen molar-refractivity contribution < 1.29 is 19.0 Å². The van der Waals surface area contributed by atoms with E-state index < -0.39 is 16.8 Å². The lowest BCUT2D eigenvalue weighted by Gasteiger charge is -1.99. The number of nitrogens with zero attached hydrogens (tertiary/aromatic N) is 2. The Morgan fingerprint density at radius 2 is 2.10 bits per heavy atom. The van der Waals surface area contributed by atoms with Gasteiger partial charge in [-0.2, -0.15) is 0 Å². The first-order valence-electron chi connectivity index (χ1n) is 5.31. The summed E-state index contributed by atoms with van der Waals surface area (Å²) in [6.07, 6.45) is 1.07. The van der Waals surface area contributed by atoms with Crippen LogP contribution in [0.1, 0.15) is 16.1 Å². The molecule has 0 radical (unpaired) electrons. The molecule has 1 aromatic carbocycles. The topological polar surface area (TPSA) is 94.9 Å². The summed E-state index contributed by atoms with van der Waals surface area (Å²) < 4.78 is 5.39. The monoisotopic (exact) mass is 338 g/mol. The molecule has 0 aliphatic rings. The van der Waals surface area contributed by atoms with E-state index in [-0.39, 0.29) is 5.76 Å². The van der Waals surface area contributed by atoms with Crippen LogP contribution >= 0.6 is 15.9 Å². The molecule has 20 heavy (non-hydrogen) atoms. The number of hydrogen-bond donors (Lipinski definition) is 0. The van der Waals surface area contributed by atoms with Crippen LogP contribution in [0.25, 0.3) is 0 Å². The Kier molecular flexibility index (Phi) is 4.26. The number of nitro groups is 1. The first-order valence-corrected chi connectivity index (χ1v) is 6.10. The second-order valence-corrected chi connectivity index (χ2v) is 4.38. The van der Waals surface area contributed by atoms with Crippen molar-refractivity contribution in [3.8, 4) is 0 Å². The minimum absolute atomic E-state index is 0.108. The van der Waals surface area contributed by atoms with Gasteiger partial charge in [0.1, 0.15) is 11.1 Å². The van der Waals surface area contributed by atoms with E-state index in [2.05, 4.69) is 25.9 Å². The average Bonchev–Trinajstić information content (AvgIpc) is 2.88. The minimum Gasteiger partial charge on any atom is -0.400 e. The maximum Gasteiger partial charge on any atom is 0.433 e. The first-order chi connectivity index (χ1) is 9.58. The van der Waals surface area contributed by atoms with Gasteiger partial charge in [0.05, 0.1) is 11.6 Å². The molecule has 102 valence electrons. The number of furan rings is 1. The smallest absolute Gasteiger partial charge is 0.400 e. The Balaban J connectivity index is 2.01. The van der Waals surface area contributed by atoms with Crippen LogP contribution in [0.15, 0.2) is 50.4 Å². The largest absolute Gasteiger partial charge is 0.433 e. The second-order valence-electron chi connectivity index (χ2n) is 3.53. The van der Waals surface area contributed by atoms with Crippen molar-refractivity contribution in [1.29, 1.82) is 0 Å². The zero-order valence-corrected chi connectivity index (χ0v) is 11.4. The van der Waals surface area contributed by atoms with Crippen molar-refractivity contribution in [2.75, 3.05) is 0 Å². The number of halogens is 1. The number of carbonyl (C=O) groups excluding carboxylic acids is 1. The van der Waals surface area contributed by atoms with Gasteiger partial charge in [0, 0.05) is 4.47 Å². The lowest BCUT2D eigenvalue weighted by atomic mass is 10.2. The quantitative estimate of drug-likeness (QED) is 0.369. The van der Waals surface area contributed by atoms with E-state index >= 15 is 0 Å². The number of oxime groups is 1. The zero-order chi connectivity index (χ0) is 14.5. The van der Waals surface area contributed by atoms with Gasteiger partial charge in [-0.25, -0.2) is 4.79 Å². The fourth-order valence-electron chi connectivity index (χ4n) is 1.31. The van der Waals surface area contributed by atoms with Crippen molar-refractivity contribution >= 4 is 34.0 Å². The SMILES string of the molecule is O=C(O/N=C/c1ccc([N+](=O)[O-])o1)c1ccccc1Br. The molecule has 0 amide bonds. The van der Waals surface area contributed by atoms with Gasteiger partial charge in [-0.15, -0.1) is 0 Å². The molecule has 7 nitrogen and oxygen atoms in total. The summed E-state index contributed by atoms with van der Waals surface area (Å²) in [6, 6.07) is 9.22. The van der Waals surface area contributed by atoms with Crippen LogP contribution in [0.3, 0.4) is 0 Å². The maximum atomic E-state index is 11.7. The number of benzene rings is 1. The third-order valence-electron chi connectivity index (χ3n) is 2.20. The fourth-order valence-corrected chi connectivity index (χ4v) is 1.76. The van der Waals surface area contributed by atoms with Gasteiger partial charge in [0.25, 0.3) is 0 Å². The van der Waals surface area contributed by atoms with Crippen molar-refractivity contribution in [3.63, 3.8) is 0 Å². The van der Waals surface area contributed by atoms with Crippen molar-refractivity contribution in [3.05, 3.63) is 62.3 Å². The Morgan fingerprint density at radius 1 is 1.35 bits per heavy atom. The molecule has 0 atom stereocenters. The van der Waals surface area contributed by atoms with E-state index in [4.69, 9.17) is 4.42 Å². The summed E-state index contributed by atoms with van der Waals surface area (Å²) in [7, 11) is 0. The maximum absolute atomic E-state index is 11.7. The van der Waals surface area contributed by atoms with Crippen LogP contribution < -0.4 is 0 Å². The third-order valence-corrected chi connectivity index (χ3v) is 2.89. The molecule has 1 heterocycles. The second kappa shape index (κ2) is 6.11. The standard InChI is InChI=1S/C12H7BrN2O5/c13-10-4-2-1-3-9(10)12(16)20-14-7-8-5-6-11(19-8)15(17)18/h1-7H/b14-7+. The van der Waals surface area contributed by atoms with Crippen LogP contribution in [0.4, 0.5) is 5.88 Å². The molecule has 0 N–H and O–H groups in total. The molecule has 0 saturated heterocycles. The van der Waals surface area contributed by atoms with E-state index in [9.17, 15) is 14.9 Å². The molecule has 8 heteroatoms. The van der Waals surface area contributed by atoms with E-state index in [1.807, 2.05) is 0 Å². The molecule has 0 saturated carbocycles. The highest BCUT2D eigenvalue weighted by atomic mass is 79.9. The van der Waals surface area contributed by atoms with Gasteiger partial charge in [-0.05, 0) is 34.1 Å². The number of rotatable bonds is 4. The van der Waals surface area contributed by atoms with E-state index in [1.165, 1.54) is 12.1 Å². The Morgan fingerprint density at radius 3 is 2.75 bits per heavy atom. The molecule has 0 bridgehead atoms. The van der Waals surface area contributed by atoms with Crippen LogP contribution in [0.5, 0.6) is 0 Å². The van der Waals surface area contributed by atoms with E-state index in [0.29, 0.717) is 10.0 Å². The average molecular weight is 339 g/mol. The molecule has 0 fully saturated rings. The third kappa shape index (κ3) is 3.29. The molecule has 2 rings (SSSR count). The highest BCUT2D eigenvalue weighted by Gasteiger charge is 2.12. The summed E-state index contributed by atoms with van der Waals surface area (Å²) in [5, 5.41) is 13.8. The normalized spacial score (nSPS) is 10.7.